The van der Waals surface area contributed by atoms with Gasteiger partial charge in [0.1, 0.15) is 0 Å². The second-order valence-corrected chi connectivity index (χ2v) is 25.1. The van der Waals surface area contributed by atoms with E-state index >= 15 is 4.79 Å². The summed E-state index contributed by atoms with van der Waals surface area (Å²) in [6, 6.07) is -0.194. The molecule has 1 saturated heterocycles. The third kappa shape index (κ3) is 7.59. The SMILES string of the molecule is CC(CCC(=O)N1CCCN(CCCN)C(=O)CCC1C1CCC2C3C(O)CC4CC(O)CCC4(C)C3CC(O)C21C)C1CCC2C3C(O)CC4CC(O)CCC4(C)C3CC(O)C12C. The van der Waals surface area contributed by atoms with E-state index in [1.807, 2.05) is 4.90 Å². The van der Waals surface area contributed by atoms with Crippen molar-refractivity contribution in [2.75, 3.05) is 26.2 Å². The maximum atomic E-state index is 15.1. The van der Waals surface area contributed by atoms with Gasteiger partial charge in [0.2, 0.25) is 11.8 Å². The van der Waals surface area contributed by atoms with Crippen molar-refractivity contribution >= 4 is 11.8 Å². The molecule has 0 aromatic rings. The van der Waals surface area contributed by atoms with Crippen LogP contribution in [0.3, 0.4) is 0 Å². The Morgan fingerprint density at radius 1 is 0.688 bits per heavy atom. The monoisotopic (exact) mass is 896 g/mol. The summed E-state index contributed by atoms with van der Waals surface area (Å²) in [6.07, 6.45) is 12.3. The first kappa shape index (κ1) is 47.7. The van der Waals surface area contributed by atoms with Crippen LogP contribution >= 0.6 is 0 Å². The van der Waals surface area contributed by atoms with Gasteiger partial charge in [0.25, 0.3) is 0 Å². The number of carbonyl (C=O) groups is 2. The largest absolute Gasteiger partial charge is 0.393 e. The summed E-state index contributed by atoms with van der Waals surface area (Å²) >= 11 is 0. The summed E-state index contributed by atoms with van der Waals surface area (Å²) in [5.41, 5.74) is 5.06. The molecule has 2 amide bonds. The number of amides is 2. The number of carbonyl (C=O) groups excluding carboxylic acids is 2. The maximum absolute atomic E-state index is 15.1. The van der Waals surface area contributed by atoms with Gasteiger partial charge in [0.05, 0.1) is 36.6 Å². The van der Waals surface area contributed by atoms with Crippen molar-refractivity contribution in [1.29, 1.82) is 0 Å². The second-order valence-electron chi connectivity index (χ2n) is 25.1. The standard InChI is InChI=1S/C53H89N3O8/c1-30(35-9-11-37-48-39(28-44(61)52(35,37)4)50(2)18-16-33(57)24-31(50)26-42(48)59)8-14-47(64)56-23-7-22-55(21-6-20-54)46(63)15-13-41(56)36-10-12-38-49-40(29-45(62)53(36,38)5)51(3)19-17-34(58)25-32(51)27-43(49)60/h30-45,48-49,57-62H,6-29,54H2,1-5H3. The lowest BCUT2D eigenvalue weighted by molar-refractivity contribution is -0.208. The third-order valence-corrected chi connectivity index (χ3v) is 22.8. The van der Waals surface area contributed by atoms with Gasteiger partial charge in [-0.1, -0.05) is 34.6 Å². The molecule has 364 valence electrons. The molecule has 0 aromatic carbocycles. The van der Waals surface area contributed by atoms with E-state index < -0.39 is 29.8 Å². The zero-order valence-corrected chi connectivity index (χ0v) is 40.3. The molecule has 22 unspecified atom stereocenters. The summed E-state index contributed by atoms with van der Waals surface area (Å²) < 4.78 is 0. The zero-order valence-electron chi connectivity index (χ0n) is 40.3. The van der Waals surface area contributed by atoms with Crippen LogP contribution in [0.1, 0.15) is 163 Å². The molecule has 1 aliphatic heterocycles. The van der Waals surface area contributed by atoms with Crippen molar-refractivity contribution in [3.8, 4) is 0 Å². The van der Waals surface area contributed by atoms with E-state index in [4.69, 9.17) is 5.73 Å². The quantitative estimate of drug-likeness (QED) is 0.156. The Bertz CT molecular complexity index is 1700. The minimum Gasteiger partial charge on any atom is -0.393 e. The summed E-state index contributed by atoms with van der Waals surface area (Å²) in [6.45, 7) is 13.9. The van der Waals surface area contributed by atoms with Crippen molar-refractivity contribution in [3.63, 3.8) is 0 Å². The number of aliphatic hydroxyl groups is 6. The highest BCUT2D eigenvalue weighted by atomic mass is 16.3. The van der Waals surface area contributed by atoms with Crippen LogP contribution in [0.4, 0.5) is 0 Å². The van der Waals surface area contributed by atoms with Gasteiger partial charge >= 0.3 is 0 Å². The number of hydrogen-bond donors (Lipinski definition) is 7. The smallest absolute Gasteiger partial charge is 0.222 e. The molecule has 11 heteroatoms. The Morgan fingerprint density at radius 2 is 1.23 bits per heavy atom. The first-order chi connectivity index (χ1) is 30.4. The Hall–Kier alpha value is -1.34. The molecule has 8 aliphatic carbocycles. The molecule has 9 aliphatic rings. The van der Waals surface area contributed by atoms with Gasteiger partial charge in [-0.3, -0.25) is 9.59 Å². The fourth-order valence-electron chi connectivity index (χ4n) is 19.2. The van der Waals surface area contributed by atoms with Gasteiger partial charge < -0.3 is 46.2 Å². The van der Waals surface area contributed by atoms with Crippen LogP contribution in [0.5, 0.6) is 0 Å². The van der Waals surface area contributed by atoms with Crippen LogP contribution in [0.2, 0.25) is 0 Å². The Labute approximate surface area is 385 Å². The molecular weight excluding hydrogens is 807 g/mol. The molecule has 22 atom stereocenters. The molecule has 8 saturated carbocycles. The van der Waals surface area contributed by atoms with Crippen LogP contribution in [0, 0.1) is 86.8 Å². The molecule has 0 spiro atoms. The molecular formula is C53H89N3O8. The van der Waals surface area contributed by atoms with Crippen molar-refractivity contribution in [2.45, 2.75) is 206 Å². The fraction of sp³-hybridized carbons (Fsp3) is 0.962. The number of fused-ring (bicyclic) bond motifs is 10. The van der Waals surface area contributed by atoms with Crippen LogP contribution < -0.4 is 5.73 Å². The second kappa shape index (κ2) is 17.9. The van der Waals surface area contributed by atoms with Crippen molar-refractivity contribution in [1.82, 2.24) is 9.80 Å². The highest BCUT2D eigenvalue weighted by molar-refractivity contribution is 5.78. The normalized spacial score (nSPS) is 52.2. The lowest BCUT2D eigenvalue weighted by Gasteiger charge is -2.63. The zero-order chi connectivity index (χ0) is 45.7. The van der Waals surface area contributed by atoms with E-state index in [0.717, 1.165) is 83.5 Å². The lowest BCUT2D eigenvalue weighted by atomic mass is 9.43. The van der Waals surface area contributed by atoms with E-state index in [9.17, 15) is 35.4 Å². The van der Waals surface area contributed by atoms with Gasteiger partial charge in [-0.25, -0.2) is 0 Å². The molecule has 0 radical (unpaired) electrons. The molecule has 9 fully saturated rings. The fourth-order valence-corrected chi connectivity index (χ4v) is 19.2. The minimum atomic E-state index is -0.583. The van der Waals surface area contributed by atoms with Crippen LogP contribution in [-0.2, 0) is 9.59 Å². The van der Waals surface area contributed by atoms with E-state index in [2.05, 4.69) is 39.5 Å². The number of nitrogens with two attached hydrogens (primary N) is 1. The average molecular weight is 896 g/mol. The summed E-state index contributed by atoms with van der Waals surface area (Å²) in [7, 11) is 0. The van der Waals surface area contributed by atoms with E-state index in [1.54, 1.807) is 0 Å². The number of hydrogen-bond acceptors (Lipinski definition) is 9. The van der Waals surface area contributed by atoms with Crippen molar-refractivity contribution < 1.29 is 40.2 Å². The topological polar surface area (TPSA) is 188 Å². The maximum Gasteiger partial charge on any atom is 0.222 e. The average Bonchev–Trinajstić information content (AvgIpc) is 3.82. The van der Waals surface area contributed by atoms with E-state index in [-0.39, 0.29) is 111 Å². The van der Waals surface area contributed by atoms with Gasteiger partial charge in [-0.15, -0.1) is 0 Å². The molecule has 11 nitrogen and oxygen atoms in total. The molecule has 9 rings (SSSR count). The first-order valence-electron chi connectivity index (χ1n) is 26.7. The summed E-state index contributed by atoms with van der Waals surface area (Å²) in [4.78, 5) is 33.1. The van der Waals surface area contributed by atoms with Crippen molar-refractivity contribution in [3.05, 3.63) is 0 Å². The van der Waals surface area contributed by atoms with Crippen molar-refractivity contribution in [2.24, 2.45) is 92.5 Å². The Morgan fingerprint density at radius 3 is 1.83 bits per heavy atom. The number of nitrogens with zero attached hydrogens (tertiary/aromatic N) is 2. The Balaban J connectivity index is 0.940. The summed E-state index contributed by atoms with van der Waals surface area (Å²) in [5.74, 6) is 2.23. The van der Waals surface area contributed by atoms with E-state index in [0.29, 0.717) is 71.1 Å². The third-order valence-electron chi connectivity index (χ3n) is 22.8. The van der Waals surface area contributed by atoms with Crippen LogP contribution in [0.15, 0.2) is 0 Å². The number of rotatable bonds is 8. The highest BCUT2D eigenvalue weighted by Crippen LogP contribution is 2.70. The predicted octanol–water partition coefficient (Wildman–Crippen LogP) is 5.88. The molecule has 1 heterocycles. The molecule has 8 N–H and O–H groups in total. The summed E-state index contributed by atoms with van der Waals surface area (Å²) in [5, 5.41) is 69.9. The van der Waals surface area contributed by atoms with Crippen LogP contribution in [0.25, 0.3) is 0 Å². The number of aliphatic hydroxyl groups excluding tert-OH is 6. The molecule has 64 heavy (non-hydrogen) atoms. The van der Waals surface area contributed by atoms with Crippen LogP contribution in [-0.4, -0.2) is 121 Å². The molecule has 0 bridgehead atoms. The lowest BCUT2D eigenvalue weighted by Crippen LogP contribution is -2.63. The Kier molecular flexibility index (Phi) is 13.3. The highest BCUT2D eigenvalue weighted by Gasteiger charge is 2.68. The van der Waals surface area contributed by atoms with Gasteiger partial charge in [-0.05, 0) is 203 Å². The van der Waals surface area contributed by atoms with Gasteiger partial charge in [0.15, 0.2) is 0 Å². The van der Waals surface area contributed by atoms with Gasteiger partial charge in [-0.2, -0.15) is 0 Å². The molecule has 0 aromatic heterocycles. The minimum absolute atomic E-state index is 0.000221. The van der Waals surface area contributed by atoms with Gasteiger partial charge in [0, 0.05) is 43.9 Å². The predicted molar refractivity (Wildman–Crippen MR) is 246 cm³/mol. The first-order valence-corrected chi connectivity index (χ1v) is 26.7. The van der Waals surface area contributed by atoms with E-state index in [1.165, 1.54) is 0 Å².